The maximum absolute atomic E-state index is 13.8. The van der Waals surface area contributed by atoms with Crippen molar-refractivity contribution in [2.45, 2.75) is 23.8 Å². The lowest BCUT2D eigenvalue weighted by Gasteiger charge is -2.13. The van der Waals surface area contributed by atoms with Crippen LogP contribution in [0.1, 0.15) is 23.2 Å². The van der Waals surface area contributed by atoms with Crippen molar-refractivity contribution in [2.24, 2.45) is 0 Å². The molecule has 0 aromatic heterocycles. The number of carbonyl (C=O) groups excluding carboxylic acids is 1. The number of halogens is 4. The van der Waals surface area contributed by atoms with E-state index >= 15 is 0 Å². The highest BCUT2D eigenvalue weighted by atomic mass is 32.2. The highest BCUT2D eigenvalue weighted by Gasteiger charge is 2.29. The molecule has 3 rings (SSSR count). The molecular weight excluding hydrogens is 404 g/mol. The number of anilines is 1. The molecule has 6 nitrogen and oxygen atoms in total. The van der Waals surface area contributed by atoms with Crippen LogP contribution in [-0.2, 0) is 10.0 Å². The molecule has 0 saturated heterocycles. The Labute approximate surface area is 157 Å². The fourth-order valence-electron chi connectivity index (χ4n) is 2.37. The van der Waals surface area contributed by atoms with Gasteiger partial charge in [-0.15, -0.1) is 0 Å². The van der Waals surface area contributed by atoms with E-state index in [-0.39, 0.29) is 28.4 Å². The molecule has 0 radical (unpaired) electrons. The van der Waals surface area contributed by atoms with E-state index in [1.54, 1.807) is 0 Å². The van der Waals surface area contributed by atoms with Crippen molar-refractivity contribution >= 4 is 21.6 Å². The second kappa shape index (κ2) is 7.40. The summed E-state index contributed by atoms with van der Waals surface area (Å²) in [6.07, 6.45) is 1.42. The number of hydrogen-bond acceptors (Lipinski definition) is 4. The Balaban J connectivity index is 1.95. The van der Waals surface area contributed by atoms with Crippen LogP contribution in [-0.4, -0.2) is 27.5 Å². The molecule has 28 heavy (non-hydrogen) atoms. The van der Waals surface area contributed by atoms with Crippen LogP contribution in [0.5, 0.6) is 5.75 Å². The highest BCUT2D eigenvalue weighted by Crippen LogP contribution is 2.30. The first-order chi connectivity index (χ1) is 13.1. The lowest BCUT2D eigenvalue weighted by atomic mass is 10.1. The van der Waals surface area contributed by atoms with E-state index in [4.69, 9.17) is 4.74 Å². The third-order valence-corrected chi connectivity index (χ3v) is 5.49. The van der Waals surface area contributed by atoms with Gasteiger partial charge in [0.25, 0.3) is 5.91 Å². The molecule has 0 atom stereocenters. The zero-order chi connectivity index (χ0) is 20.6. The second-order valence-electron chi connectivity index (χ2n) is 6.06. The number of sulfonamides is 1. The van der Waals surface area contributed by atoms with E-state index in [9.17, 15) is 30.8 Å². The Morgan fingerprint density at radius 3 is 2.36 bits per heavy atom. The van der Waals surface area contributed by atoms with Crippen molar-refractivity contribution in [3.05, 3.63) is 53.1 Å². The highest BCUT2D eigenvalue weighted by molar-refractivity contribution is 7.89. The third-order valence-electron chi connectivity index (χ3n) is 3.98. The minimum absolute atomic E-state index is 0.0159. The van der Waals surface area contributed by atoms with Crippen LogP contribution in [0.15, 0.2) is 29.2 Å². The largest absolute Gasteiger partial charge is 0.495 e. The zero-order valence-electron chi connectivity index (χ0n) is 14.4. The predicted molar refractivity (Wildman–Crippen MR) is 90.6 cm³/mol. The van der Waals surface area contributed by atoms with Crippen LogP contribution < -0.4 is 14.8 Å². The molecule has 0 spiro atoms. The molecule has 1 amide bonds. The van der Waals surface area contributed by atoms with Crippen molar-refractivity contribution in [1.29, 1.82) is 0 Å². The SMILES string of the molecule is COc1ccc(S(=O)(=O)NC2CC2)cc1NC(=O)c1cc(F)c(F)c(F)c1F. The number of benzene rings is 2. The molecule has 150 valence electrons. The van der Waals surface area contributed by atoms with Gasteiger partial charge < -0.3 is 10.1 Å². The van der Waals surface area contributed by atoms with Crippen molar-refractivity contribution in [2.75, 3.05) is 12.4 Å². The van der Waals surface area contributed by atoms with Gasteiger partial charge in [-0.3, -0.25) is 4.79 Å². The number of rotatable bonds is 6. The van der Waals surface area contributed by atoms with Crippen molar-refractivity contribution in [3.8, 4) is 5.75 Å². The van der Waals surface area contributed by atoms with E-state index in [0.29, 0.717) is 12.8 Å². The molecule has 11 heteroatoms. The van der Waals surface area contributed by atoms with E-state index < -0.39 is 44.8 Å². The molecule has 0 unspecified atom stereocenters. The average molecular weight is 418 g/mol. The molecule has 1 fully saturated rings. The van der Waals surface area contributed by atoms with E-state index in [0.717, 1.165) is 6.07 Å². The molecule has 2 aromatic carbocycles. The Morgan fingerprint density at radius 1 is 1.07 bits per heavy atom. The molecule has 0 heterocycles. The normalized spacial score (nSPS) is 14.0. The smallest absolute Gasteiger partial charge is 0.258 e. The summed E-state index contributed by atoms with van der Waals surface area (Å²) in [6.45, 7) is 0. The maximum atomic E-state index is 13.8. The monoisotopic (exact) mass is 418 g/mol. The van der Waals surface area contributed by atoms with E-state index in [1.807, 2.05) is 0 Å². The molecule has 0 bridgehead atoms. The summed E-state index contributed by atoms with van der Waals surface area (Å²) in [4.78, 5) is 12.0. The van der Waals surface area contributed by atoms with Gasteiger partial charge in [0, 0.05) is 6.04 Å². The molecule has 1 saturated carbocycles. The first-order valence-corrected chi connectivity index (χ1v) is 9.47. The first-order valence-electron chi connectivity index (χ1n) is 7.98. The molecule has 2 aromatic rings. The second-order valence-corrected chi connectivity index (χ2v) is 7.77. The van der Waals surface area contributed by atoms with Gasteiger partial charge in [0.1, 0.15) is 5.75 Å². The zero-order valence-corrected chi connectivity index (χ0v) is 15.2. The van der Waals surface area contributed by atoms with E-state index in [1.165, 1.54) is 19.2 Å². The molecule has 1 aliphatic carbocycles. The Kier molecular flexibility index (Phi) is 5.31. The summed E-state index contributed by atoms with van der Waals surface area (Å²) >= 11 is 0. The standard InChI is InChI=1S/C17H14F4N2O4S/c1-27-13-5-4-9(28(25,26)23-8-2-3-8)6-12(13)22-17(24)10-7-11(18)15(20)16(21)14(10)19/h4-8,23H,2-3H2,1H3,(H,22,24). The van der Waals surface area contributed by atoms with Crippen molar-refractivity contribution in [3.63, 3.8) is 0 Å². The van der Waals surface area contributed by atoms with Gasteiger partial charge in [0.15, 0.2) is 23.3 Å². The Morgan fingerprint density at radius 2 is 1.75 bits per heavy atom. The van der Waals surface area contributed by atoms with Crippen LogP contribution in [0.3, 0.4) is 0 Å². The molecule has 1 aliphatic rings. The third kappa shape index (κ3) is 3.94. The van der Waals surface area contributed by atoms with Crippen molar-refractivity contribution in [1.82, 2.24) is 4.72 Å². The number of amides is 1. The Hall–Kier alpha value is -2.66. The summed E-state index contributed by atoms with van der Waals surface area (Å²) in [6, 6.07) is 3.57. The summed E-state index contributed by atoms with van der Waals surface area (Å²) in [5.74, 6) is -9.12. The van der Waals surface area contributed by atoms with Crippen LogP contribution in [0, 0.1) is 23.3 Å². The van der Waals surface area contributed by atoms with Crippen LogP contribution in [0.4, 0.5) is 23.2 Å². The van der Waals surface area contributed by atoms with Gasteiger partial charge in [-0.05, 0) is 37.1 Å². The molecule has 0 aliphatic heterocycles. The topological polar surface area (TPSA) is 84.5 Å². The number of hydrogen-bond donors (Lipinski definition) is 2. The summed E-state index contributed by atoms with van der Waals surface area (Å²) in [7, 11) is -2.64. The maximum Gasteiger partial charge on any atom is 0.258 e. The lowest BCUT2D eigenvalue weighted by molar-refractivity contribution is 0.102. The first kappa shape index (κ1) is 20.1. The van der Waals surface area contributed by atoms with Crippen molar-refractivity contribution < 1.29 is 35.5 Å². The number of ether oxygens (including phenoxy) is 1. The van der Waals surface area contributed by atoms with Gasteiger partial charge in [0.2, 0.25) is 10.0 Å². The Bertz CT molecular complexity index is 1060. The minimum Gasteiger partial charge on any atom is -0.495 e. The average Bonchev–Trinajstić information content (AvgIpc) is 3.46. The van der Waals surface area contributed by atoms with Gasteiger partial charge in [-0.2, -0.15) is 0 Å². The minimum atomic E-state index is -3.87. The quantitative estimate of drug-likeness (QED) is 0.429. The van der Waals surface area contributed by atoms with E-state index in [2.05, 4.69) is 10.0 Å². The lowest BCUT2D eigenvalue weighted by Crippen LogP contribution is -2.26. The number of methoxy groups -OCH3 is 1. The van der Waals surface area contributed by atoms with Gasteiger partial charge in [-0.25, -0.2) is 30.7 Å². The van der Waals surface area contributed by atoms with Crippen LogP contribution >= 0.6 is 0 Å². The van der Waals surface area contributed by atoms with Gasteiger partial charge in [0.05, 0.1) is 23.3 Å². The fourth-order valence-corrected chi connectivity index (χ4v) is 3.70. The number of carbonyl (C=O) groups is 1. The fraction of sp³-hybridized carbons (Fsp3) is 0.235. The van der Waals surface area contributed by atoms with Gasteiger partial charge in [-0.1, -0.05) is 0 Å². The molecular formula is C17H14F4N2O4S. The predicted octanol–water partition coefficient (Wildman–Crippen LogP) is 2.94. The van der Waals surface area contributed by atoms with Crippen LogP contribution in [0.2, 0.25) is 0 Å². The van der Waals surface area contributed by atoms with Gasteiger partial charge >= 0.3 is 0 Å². The molecule has 2 N–H and O–H groups in total. The summed E-state index contributed by atoms with van der Waals surface area (Å²) in [5, 5.41) is 2.12. The van der Waals surface area contributed by atoms with Crippen LogP contribution in [0.25, 0.3) is 0 Å². The number of nitrogens with one attached hydrogen (secondary N) is 2. The summed E-state index contributed by atoms with van der Waals surface area (Å²) < 4.78 is 85.6. The summed E-state index contributed by atoms with van der Waals surface area (Å²) in [5.41, 5.74) is -1.28.